The predicted octanol–water partition coefficient (Wildman–Crippen LogP) is 4.77. The molecule has 6 nitrogen and oxygen atoms in total. The van der Waals surface area contributed by atoms with Gasteiger partial charge in [-0.1, -0.05) is 30.3 Å². The SMILES string of the molecule is CSc1ccc([C@H](C)NC(=O)COc2ccc(S(=O)(=O)Nc3ccccc3C)cc2)cc1. The van der Waals surface area contributed by atoms with Crippen molar-refractivity contribution >= 4 is 33.4 Å². The lowest BCUT2D eigenvalue weighted by Crippen LogP contribution is -2.31. The molecule has 0 aliphatic carbocycles. The zero-order valence-electron chi connectivity index (χ0n) is 18.2. The third kappa shape index (κ3) is 6.27. The number of aryl methyl sites for hydroxylation is 1. The van der Waals surface area contributed by atoms with Gasteiger partial charge in [0.25, 0.3) is 15.9 Å². The molecule has 32 heavy (non-hydrogen) atoms. The Balaban J connectivity index is 1.54. The second-order valence-electron chi connectivity index (χ2n) is 7.24. The van der Waals surface area contributed by atoms with E-state index in [0.717, 1.165) is 16.0 Å². The van der Waals surface area contributed by atoms with Crippen molar-refractivity contribution in [2.24, 2.45) is 0 Å². The molecule has 3 aromatic carbocycles. The van der Waals surface area contributed by atoms with Crippen molar-refractivity contribution < 1.29 is 17.9 Å². The van der Waals surface area contributed by atoms with Crippen LogP contribution in [-0.4, -0.2) is 27.2 Å². The van der Waals surface area contributed by atoms with Crippen LogP contribution in [0.4, 0.5) is 5.69 Å². The van der Waals surface area contributed by atoms with Gasteiger partial charge in [-0.25, -0.2) is 8.42 Å². The van der Waals surface area contributed by atoms with Gasteiger partial charge in [-0.3, -0.25) is 9.52 Å². The fourth-order valence-electron chi connectivity index (χ4n) is 3.01. The first-order valence-electron chi connectivity index (χ1n) is 10.0. The summed E-state index contributed by atoms with van der Waals surface area (Å²) in [5.74, 6) is 0.149. The van der Waals surface area contributed by atoms with Crippen LogP contribution in [0, 0.1) is 6.92 Å². The minimum Gasteiger partial charge on any atom is -0.484 e. The highest BCUT2D eigenvalue weighted by molar-refractivity contribution is 7.98. The number of hydrogen-bond acceptors (Lipinski definition) is 5. The second kappa shape index (κ2) is 10.6. The molecule has 0 fully saturated rings. The van der Waals surface area contributed by atoms with Gasteiger partial charge >= 0.3 is 0 Å². The maximum atomic E-state index is 12.6. The summed E-state index contributed by atoms with van der Waals surface area (Å²) >= 11 is 1.66. The van der Waals surface area contributed by atoms with Gasteiger partial charge in [0.15, 0.2) is 6.61 Å². The first kappa shape index (κ1) is 23.7. The van der Waals surface area contributed by atoms with Crippen molar-refractivity contribution in [1.82, 2.24) is 5.32 Å². The lowest BCUT2D eigenvalue weighted by atomic mass is 10.1. The summed E-state index contributed by atoms with van der Waals surface area (Å²) in [5.41, 5.74) is 2.37. The first-order chi connectivity index (χ1) is 15.3. The molecule has 0 saturated carbocycles. The van der Waals surface area contributed by atoms with Gasteiger partial charge < -0.3 is 10.1 Å². The van der Waals surface area contributed by atoms with E-state index in [9.17, 15) is 13.2 Å². The lowest BCUT2D eigenvalue weighted by Gasteiger charge is -2.15. The minimum atomic E-state index is -3.72. The third-order valence-electron chi connectivity index (χ3n) is 4.89. The van der Waals surface area contributed by atoms with Crippen LogP contribution in [0.5, 0.6) is 5.75 Å². The number of anilines is 1. The van der Waals surface area contributed by atoms with Gasteiger partial charge in [0, 0.05) is 4.90 Å². The number of rotatable bonds is 9. The maximum absolute atomic E-state index is 12.6. The van der Waals surface area contributed by atoms with E-state index >= 15 is 0 Å². The highest BCUT2D eigenvalue weighted by Crippen LogP contribution is 2.22. The summed E-state index contributed by atoms with van der Waals surface area (Å²) in [6.45, 7) is 3.58. The normalized spacial score (nSPS) is 12.1. The molecule has 0 saturated heterocycles. The van der Waals surface area contributed by atoms with Crippen LogP contribution in [0.2, 0.25) is 0 Å². The Kier molecular flexibility index (Phi) is 7.82. The molecule has 0 aromatic heterocycles. The molecule has 8 heteroatoms. The number of carbonyl (C=O) groups excluding carboxylic acids is 1. The largest absolute Gasteiger partial charge is 0.484 e. The van der Waals surface area contributed by atoms with Crippen molar-refractivity contribution in [2.75, 3.05) is 17.6 Å². The lowest BCUT2D eigenvalue weighted by molar-refractivity contribution is -0.123. The number of nitrogens with one attached hydrogen (secondary N) is 2. The van der Waals surface area contributed by atoms with E-state index in [2.05, 4.69) is 10.0 Å². The van der Waals surface area contributed by atoms with E-state index in [1.807, 2.05) is 56.5 Å². The van der Waals surface area contributed by atoms with Gasteiger partial charge in [0.2, 0.25) is 0 Å². The predicted molar refractivity (Wildman–Crippen MR) is 129 cm³/mol. The monoisotopic (exact) mass is 470 g/mol. The van der Waals surface area contributed by atoms with Gasteiger partial charge in [0.1, 0.15) is 5.75 Å². The molecule has 0 heterocycles. The van der Waals surface area contributed by atoms with Crippen molar-refractivity contribution in [3.8, 4) is 5.75 Å². The summed E-state index contributed by atoms with van der Waals surface area (Å²) in [5, 5.41) is 2.90. The molecule has 0 bridgehead atoms. The molecule has 0 unspecified atom stereocenters. The third-order valence-corrected chi connectivity index (χ3v) is 7.01. The van der Waals surface area contributed by atoms with Crippen LogP contribution in [-0.2, 0) is 14.8 Å². The number of sulfonamides is 1. The van der Waals surface area contributed by atoms with Crippen LogP contribution in [0.25, 0.3) is 0 Å². The number of hydrogen-bond donors (Lipinski definition) is 2. The average Bonchev–Trinajstić information content (AvgIpc) is 2.79. The van der Waals surface area contributed by atoms with E-state index in [0.29, 0.717) is 11.4 Å². The van der Waals surface area contributed by atoms with E-state index in [-0.39, 0.29) is 23.5 Å². The molecular weight excluding hydrogens is 444 g/mol. The van der Waals surface area contributed by atoms with E-state index in [4.69, 9.17) is 4.74 Å². The molecule has 168 valence electrons. The Hall–Kier alpha value is -2.97. The molecule has 0 aliphatic rings. The molecule has 3 aromatic rings. The van der Waals surface area contributed by atoms with Gasteiger partial charge in [-0.15, -0.1) is 11.8 Å². The molecule has 0 aliphatic heterocycles. The number of benzene rings is 3. The minimum absolute atomic E-state index is 0.111. The molecular formula is C24H26N2O4S2. The smallest absolute Gasteiger partial charge is 0.261 e. The van der Waals surface area contributed by atoms with E-state index in [1.54, 1.807) is 23.9 Å². The standard InChI is InChI=1S/C24H26N2O4S2/c1-17-6-4-5-7-23(17)26-32(28,29)22-14-10-20(11-15-22)30-16-24(27)25-18(2)19-8-12-21(31-3)13-9-19/h4-15,18,26H,16H2,1-3H3,(H,25,27)/t18-/m0/s1. The molecule has 0 radical (unpaired) electrons. The number of ether oxygens (including phenoxy) is 1. The first-order valence-corrected chi connectivity index (χ1v) is 12.7. The van der Waals surface area contributed by atoms with Crippen molar-refractivity contribution in [3.63, 3.8) is 0 Å². The summed E-state index contributed by atoms with van der Waals surface area (Å²) in [4.78, 5) is 13.5. The van der Waals surface area contributed by atoms with Crippen LogP contribution < -0.4 is 14.8 Å². The molecule has 2 N–H and O–H groups in total. The maximum Gasteiger partial charge on any atom is 0.261 e. The highest BCUT2D eigenvalue weighted by Gasteiger charge is 2.16. The van der Waals surface area contributed by atoms with Gasteiger partial charge in [0.05, 0.1) is 16.6 Å². The zero-order chi connectivity index (χ0) is 23.1. The fourth-order valence-corrected chi connectivity index (χ4v) is 4.55. The fraction of sp³-hybridized carbons (Fsp3) is 0.208. The Morgan fingerprint density at radius 3 is 2.28 bits per heavy atom. The summed E-state index contributed by atoms with van der Waals surface area (Å²) in [6, 6.07) is 21.0. The zero-order valence-corrected chi connectivity index (χ0v) is 19.8. The van der Waals surface area contributed by atoms with Gasteiger partial charge in [-0.2, -0.15) is 0 Å². The second-order valence-corrected chi connectivity index (χ2v) is 9.80. The topological polar surface area (TPSA) is 84.5 Å². The Labute approximate surface area is 193 Å². The molecule has 1 amide bonds. The van der Waals surface area contributed by atoms with Crippen LogP contribution in [0.15, 0.2) is 82.6 Å². The Morgan fingerprint density at radius 2 is 1.66 bits per heavy atom. The highest BCUT2D eigenvalue weighted by atomic mass is 32.2. The van der Waals surface area contributed by atoms with E-state index < -0.39 is 10.0 Å². The summed E-state index contributed by atoms with van der Waals surface area (Å²) in [7, 11) is -3.72. The Bertz CT molecular complexity index is 1160. The average molecular weight is 471 g/mol. The van der Waals surface area contributed by atoms with E-state index in [1.165, 1.54) is 24.3 Å². The van der Waals surface area contributed by atoms with Crippen molar-refractivity contribution in [2.45, 2.75) is 29.7 Å². The van der Waals surface area contributed by atoms with Crippen LogP contribution in [0.3, 0.4) is 0 Å². The number of para-hydroxylation sites is 1. The Morgan fingerprint density at radius 1 is 1.00 bits per heavy atom. The quantitative estimate of drug-likeness (QED) is 0.440. The molecule has 1 atom stereocenters. The van der Waals surface area contributed by atoms with Crippen molar-refractivity contribution in [1.29, 1.82) is 0 Å². The number of thioether (sulfide) groups is 1. The number of carbonyl (C=O) groups is 1. The number of amides is 1. The van der Waals surface area contributed by atoms with Crippen LogP contribution >= 0.6 is 11.8 Å². The molecule has 3 rings (SSSR count). The summed E-state index contributed by atoms with van der Waals surface area (Å²) in [6.07, 6.45) is 2.01. The van der Waals surface area contributed by atoms with Gasteiger partial charge in [-0.05, 0) is 73.7 Å². The van der Waals surface area contributed by atoms with Crippen LogP contribution in [0.1, 0.15) is 24.1 Å². The summed E-state index contributed by atoms with van der Waals surface area (Å²) < 4.78 is 33.3. The molecule has 0 spiro atoms. The van der Waals surface area contributed by atoms with Crippen molar-refractivity contribution in [3.05, 3.63) is 83.9 Å².